The maximum Gasteiger partial charge on any atom is 0.426 e. The van der Waals surface area contributed by atoms with Crippen LogP contribution in [0.2, 0.25) is 0 Å². The number of hydrogen-bond acceptors (Lipinski definition) is 3. The van der Waals surface area contributed by atoms with Crippen LogP contribution in [0.25, 0.3) is 11.1 Å². The predicted molar refractivity (Wildman–Crippen MR) is 91.2 cm³/mol. The highest BCUT2D eigenvalue weighted by atomic mass is 32.1. The highest BCUT2D eigenvalue weighted by Gasteiger charge is 2.37. The first kappa shape index (κ1) is 19.9. The van der Waals surface area contributed by atoms with Crippen molar-refractivity contribution in [3.05, 3.63) is 76.0 Å². The second-order valence-corrected chi connectivity index (χ2v) is 6.68. The second kappa shape index (κ2) is 7.31. The maximum absolute atomic E-state index is 13.4. The van der Waals surface area contributed by atoms with Crippen LogP contribution in [0.5, 0.6) is 5.75 Å². The Labute approximate surface area is 159 Å². The van der Waals surface area contributed by atoms with Crippen molar-refractivity contribution in [2.45, 2.75) is 12.4 Å². The summed E-state index contributed by atoms with van der Waals surface area (Å²) in [6.07, 6.45) is -9.35. The van der Waals surface area contributed by atoms with Gasteiger partial charge in [-0.1, -0.05) is 36.4 Å². The lowest BCUT2D eigenvalue weighted by Gasteiger charge is -2.08. The van der Waals surface area contributed by atoms with E-state index < -0.39 is 34.5 Å². The summed E-state index contributed by atoms with van der Waals surface area (Å²) < 4.78 is 83.1. The molecule has 0 saturated carbocycles. The van der Waals surface area contributed by atoms with Gasteiger partial charge in [-0.15, -0.1) is 11.3 Å². The zero-order valence-electron chi connectivity index (χ0n) is 13.8. The molecule has 2 nitrogen and oxygen atoms in total. The number of carbonyl (C=O) groups is 1. The summed E-state index contributed by atoms with van der Waals surface area (Å²) >= 11 is 0.177. The van der Waals surface area contributed by atoms with Gasteiger partial charge in [0.15, 0.2) is 0 Å². The fourth-order valence-corrected chi connectivity index (χ4v) is 3.35. The quantitative estimate of drug-likeness (QED) is 0.271. The number of ether oxygens (including phenoxy) is 1. The Balaban J connectivity index is 1.94. The van der Waals surface area contributed by atoms with E-state index in [2.05, 4.69) is 0 Å². The van der Waals surface area contributed by atoms with E-state index in [1.54, 1.807) is 18.2 Å². The van der Waals surface area contributed by atoms with E-state index in [1.807, 2.05) is 0 Å². The number of alkyl halides is 6. The third-order valence-corrected chi connectivity index (χ3v) is 4.81. The molecule has 2 aromatic carbocycles. The summed E-state index contributed by atoms with van der Waals surface area (Å²) in [5, 5.41) is 0. The van der Waals surface area contributed by atoms with Crippen LogP contribution in [0.3, 0.4) is 0 Å². The zero-order valence-corrected chi connectivity index (χ0v) is 14.6. The van der Waals surface area contributed by atoms with E-state index in [9.17, 15) is 31.1 Å². The monoisotopic (exact) mass is 416 g/mol. The average Bonchev–Trinajstić information content (AvgIpc) is 3.08. The molecule has 3 rings (SSSR count). The zero-order chi connectivity index (χ0) is 20.5. The number of esters is 1. The van der Waals surface area contributed by atoms with Crippen molar-refractivity contribution in [1.82, 2.24) is 0 Å². The van der Waals surface area contributed by atoms with Gasteiger partial charge in [0.2, 0.25) is 0 Å². The molecule has 0 fully saturated rings. The number of benzene rings is 2. The molecule has 0 spiro atoms. The third kappa shape index (κ3) is 4.36. The molecule has 28 heavy (non-hydrogen) atoms. The molecular weight excluding hydrogens is 406 g/mol. The SMILES string of the molecule is O=C(Oc1cccc(C(F)(F)F)c1)c1cc(-c2ccccc2)c(C(F)(F)F)s1. The van der Waals surface area contributed by atoms with Crippen LogP contribution in [0.1, 0.15) is 20.1 Å². The highest BCUT2D eigenvalue weighted by Crippen LogP contribution is 2.43. The number of thiophene rings is 1. The molecule has 0 atom stereocenters. The Hall–Kier alpha value is -2.81. The topological polar surface area (TPSA) is 26.3 Å². The lowest BCUT2D eigenvalue weighted by molar-refractivity contribution is -0.137. The third-order valence-electron chi connectivity index (χ3n) is 3.65. The van der Waals surface area contributed by atoms with Gasteiger partial charge in [0, 0.05) is 5.56 Å². The first-order valence-electron chi connectivity index (χ1n) is 7.71. The summed E-state index contributed by atoms with van der Waals surface area (Å²) in [4.78, 5) is 10.9. The number of hydrogen-bond donors (Lipinski definition) is 0. The second-order valence-electron chi connectivity index (χ2n) is 5.63. The standard InChI is InChI=1S/C19H10F6O2S/c20-18(21,22)12-7-4-8-13(9-12)27-17(26)15-10-14(11-5-2-1-3-6-11)16(28-15)19(23,24)25/h1-10H. The van der Waals surface area contributed by atoms with Crippen LogP contribution in [0.15, 0.2) is 60.7 Å². The van der Waals surface area contributed by atoms with Gasteiger partial charge in [-0.2, -0.15) is 26.3 Å². The van der Waals surface area contributed by atoms with Crippen molar-refractivity contribution in [3.8, 4) is 16.9 Å². The van der Waals surface area contributed by atoms with Gasteiger partial charge in [0.05, 0.1) is 5.56 Å². The van der Waals surface area contributed by atoms with Gasteiger partial charge in [0.25, 0.3) is 0 Å². The van der Waals surface area contributed by atoms with Crippen LogP contribution < -0.4 is 4.74 Å². The highest BCUT2D eigenvalue weighted by molar-refractivity contribution is 7.14. The van der Waals surface area contributed by atoms with Crippen molar-refractivity contribution >= 4 is 17.3 Å². The van der Waals surface area contributed by atoms with Gasteiger partial charge in [-0.05, 0) is 29.8 Å². The lowest BCUT2D eigenvalue weighted by atomic mass is 10.1. The van der Waals surface area contributed by atoms with Crippen LogP contribution in [0, 0.1) is 0 Å². The summed E-state index contributed by atoms with van der Waals surface area (Å²) in [7, 11) is 0. The Morgan fingerprint density at radius 1 is 0.821 bits per heavy atom. The van der Waals surface area contributed by atoms with Gasteiger partial charge in [0.1, 0.15) is 15.5 Å². The number of halogens is 6. The molecular formula is C19H10F6O2S. The molecule has 1 heterocycles. The molecule has 0 bridgehead atoms. The van der Waals surface area contributed by atoms with E-state index in [0.717, 1.165) is 24.3 Å². The minimum absolute atomic E-state index is 0.177. The predicted octanol–water partition coefficient (Wildman–Crippen LogP) is 6.67. The van der Waals surface area contributed by atoms with Crippen LogP contribution in [-0.2, 0) is 12.4 Å². The molecule has 0 aliphatic rings. The van der Waals surface area contributed by atoms with Crippen molar-refractivity contribution in [1.29, 1.82) is 0 Å². The van der Waals surface area contributed by atoms with Gasteiger partial charge < -0.3 is 4.74 Å². The Morgan fingerprint density at radius 2 is 1.50 bits per heavy atom. The van der Waals surface area contributed by atoms with Crippen molar-refractivity contribution in [2.24, 2.45) is 0 Å². The van der Waals surface area contributed by atoms with Gasteiger partial charge in [-0.3, -0.25) is 0 Å². The molecule has 3 aromatic rings. The van der Waals surface area contributed by atoms with Crippen LogP contribution in [-0.4, -0.2) is 5.97 Å². The van der Waals surface area contributed by atoms with Gasteiger partial charge >= 0.3 is 18.3 Å². The van der Waals surface area contributed by atoms with E-state index in [4.69, 9.17) is 4.74 Å². The Kier molecular flexibility index (Phi) is 5.20. The summed E-state index contributed by atoms with van der Waals surface area (Å²) in [6.45, 7) is 0. The molecule has 0 amide bonds. The molecule has 0 radical (unpaired) electrons. The average molecular weight is 416 g/mol. The molecule has 146 valence electrons. The fraction of sp³-hybridized carbons (Fsp3) is 0.105. The van der Waals surface area contributed by atoms with Gasteiger partial charge in [-0.25, -0.2) is 4.79 Å². The Bertz CT molecular complexity index is 990. The van der Waals surface area contributed by atoms with Crippen LogP contribution >= 0.6 is 11.3 Å². The Morgan fingerprint density at radius 3 is 2.11 bits per heavy atom. The first-order valence-corrected chi connectivity index (χ1v) is 8.53. The lowest BCUT2D eigenvalue weighted by Crippen LogP contribution is -2.09. The molecule has 9 heteroatoms. The van der Waals surface area contributed by atoms with Crippen LogP contribution in [0.4, 0.5) is 26.3 Å². The normalized spacial score (nSPS) is 12.1. The van der Waals surface area contributed by atoms with E-state index in [1.165, 1.54) is 12.1 Å². The van der Waals surface area contributed by atoms with Crippen molar-refractivity contribution in [2.75, 3.05) is 0 Å². The van der Waals surface area contributed by atoms with E-state index >= 15 is 0 Å². The molecule has 0 aliphatic heterocycles. The number of rotatable bonds is 3. The largest absolute Gasteiger partial charge is 0.426 e. The first-order chi connectivity index (χ1) is 13.1. The molecule has 0 N–H and O–H groups in total. The summed E-state index contributed by atoms with van der Waals surface area (Å²) in [6, 6.07) is 12.2. The van der Waals surface area contributed by atoms with E-state index in [-0.39, 0.29) is 27.3 Å². The fourth-order valence-electron chi connectivity index (χ4n) is 2.43. The van der Waals surface area contributed by atoms with E-state index in [0.29, 0.717) is 6.07 Å². The molecule has 1 aromatic heterocycles. The summed E-state index contributed by atoms with van der Waals surface area (Å²) in [5.74, 6) is -1.58. The molecule has 0 unspecified atom stereocenters. The minimum atomic E-state index is -4.70. The minimum Gasteiger partial charge on any atom is -0.422 e. The summed E-state index contributed by atoms with van der Waals surface area (Å²) in [5.41, 5.74) is -0.983. The van der Waals surface area contributed by atoms with Crippen molar-refractivity contribution < 1.29 is 35.9 Å². The van der Waals surface area contributed by atoms with Crippen molar-refractivity contribution in [3.63, 3.8) is 0 Å². The number of carbonyl (C=O) groups excluding carboxylic acids is 1. The maximum atomic E-state index is 13.4. The smallest absolute Gasteiger partial charge is 0.422 e. The molecule has 0 saturated heterocycles. The molecule has 0 aliphatic carbocycles.